The van der Waals surface area contributed by atoms with E-state index in [9.17, 15) is 14.4 Å². The van der Waals surface area contributed by atoms with Gasteiger partial charge in [-0.2, -0.15) is 0 Å². The molecule has 5 heterocycles. The molecule has 0 aromatic rings. The van der Waals surface area contributed by atoms with Crippen LogP contribution in [0.1, 0.15) is 38.5 Å². The Morgan fingerprint density at radius 2 is 1.67 bits per heavy atom. The van der Waals surface area contributed by atoms with Crippen LogP contribution in [-0.4, -0.2) is 114 Å². The lowest BCUT2D eigenvalue weighted by Gasteiger charge is -2.53. The first-order valence-electron chi connectivity index (χ1n) is 13.0. The minimum Gasteiger partial charge on any atom is -0.340 e. The van der Waals surface area contributed by atoms with E-state index in [2.05, 4.69) is 21.3 Å². The van der Waals surface area contributed by atoms with E-state index in [-0.39, 0.29) is 17.9 Å². The third-order valence-corrected chi connectivity index (χ3v) is 8.64. The normalized spacial score (nSPS) is 31.4. The molecule has 0 saturated carbocycles. The van der Waals surface area contributed by atoms with Crippen LogP contribution in [0.3, 0.4) is 0 Å². The van der Waals surface area contributed by atoms with Crippen LogP contribution in [0.2, 0.25) is 0 Å². The van der Waals surface area contributed by atoms with Gasteiger partial charge in [-0.1, -0.05) is 6.08 Å². The number of likely N-dealkylation sites (tertiary alicyclic amines) is 2. The van der Waals surface area contributed by atoms with E-state index >= 15 is 0 Å². The Hall–Kier alpha value is -2.09. The van der Waals surface area contributed by atoms with Crippen molar-refractivity contribution in [1.82, 2.24) is 24.5 Å². The summed E-state index contributed by atoms with van der Waals surface area (Å²) in [6.45, 7) is 11.8. The molecule has 5 rings (SSSR count). The summed E-state index contributed by atoms with van der Waals surface area (Å²) >= 11 is 0. The molecule has 0 N–H and O–H groups in total. The first kappa shape index (κ1) is 22.7. The van der Waals surface area contributed by atoms with Crippen molar-refractivity contribution in [1.29, 1.82) is 0 Å². The van der Waals surface area contributed by atoms with E-state index in [0.29, 0.717) is 43.3 Å². The zero-order valence-corrected chi connectivity index (χ0v) is 19.9. The third-order valence-electron chi connectivity index (χ3n) is 8.64. The van der Waals surface area contributed by atoms with Gasteiger partial charge in [0.2, 0.25) is 11.8 Å². The minimum atomic E-state index is 0.0440. The molecule has 182 valence electrons. The molecule has 0 aromatic carbocycles. The van der Waals surface area contributed by atoms with Gasteiger partial charge in [-0.3, -0.25) is 14.5 Å². The molecule has 0 aliphatic carbocycles. The van der Waals surface area contributed by atoms with Crippen LogP contribution in [0.5, 0.6) is 0 Å². The van der Waals surface area contributed by atoms with Crippen molar-refractivity contribution >= 4 is 17.8 Å². The van der Waals surface area contributed by atoms with E-state index in [0.717, 1.165) is 84.5 Å². The molecule has 33 heavy (non-hydrogen) atoms. The summed E-state index contributed by atoms with van der Waals surface area (Å²) in [4.78, 5) is 49.2. The number of fused-ring (bicyclic) bond motifs is 4. The molecular formula is C25H39N5O3. The maximum Gasteiger partial charge on any atom is 0.320 e. The van der Waals surface area contributed by atoms with Crippen molar-refractivity contribution in [2.45, 2.75) is 44.6 Å². The van der Waals surface area contributed by atoms with Gasteiger partial charge in [-0.05, 0) is 43.9 Å². The van der Waals surface area contributed by atoms with Gasteiger partial charge >= 0.3 is 6.03 Å². The number of hydrogen-bond donors (Lipinski definition) is 0. The van der Waals surface area contributed by atoms with Crippen molar-refractivity contribution < 1.29 is 14.4 Å². The Bertz CT molecular complexity index is 772. The predicted molar refractivity (Wildman–Crippen MR) is 125 cm³/mol. The Balaban J connectivity index is 1.11. The van der Waals surface area contributed by atoms with Crippen LogP contribution >= 0.6 is 0 Å². The van der Waals surface area contributed by atoms with Crippen molar-refractivity contribution in [3.8, 4) is 0 Å². The van der Waals surface area contributed by atoms with Gasteiger partial charge in [0.15, 0.2) is 0 Å². The molecule has 3 atom stereocenters. The number of carbonyl (C=O) groups excluding carboxylic acids is 3. The lowest BCUT2D eigenvalue weighted by molar-refractivity contribution is -0.144. The first-order chi connectivity index (χ1) is 16.0. The first-order valence-corrected chi connectivity index (χ1v) is 13.0. The van der Waals surface area contributed by atoms with Gasteiger partial charge in [0.25, 0.3) is 0 Å². The average Bonchev–Trinajstić information content (AvgIpc) is 2.84. The smallest absolute Gasteiger partial charge is 0.320 e. The molecular weight excluding hydrogens is 418 g/mol. The average molecular weight is 458 g/mol. The van der Waals surface area contributed by atoms with Gasteiger partial charge in [0, 0.05) is 83.8 Å². The monoisotopic (exact) mass is 457 g/mol. The highest BCUT2D eigenvalue weighted by atomic mass is 16.2. The number of amides is 4. The Kier molecular flexibility index (Phi) is 6.63. The summed E-state index contributed by atoms with van der Waals surface area (Å²) in [7, 11) is 0. The summed E-state index contributed by atoms with van der Waals surface area (Å²) in [5.74, 6) is 1.46. The number of hydrogen-bond acceptors (Lipinski definition) is 4. The van der Waals surface area contributed by atoms with Crippen LogP contribution in [0.15, 0.2) is 12.7 Å². The van der Waals surface area contributed by atoms with Crippen molar-refractivity contribution in [2.24, 2.45) is 17.8 Å². The van der Waals surface area contributed by atoms with Crippen LogP contribution in [0, 0.1) is 17.8 Å². The summed E-state index contributed by atoms with van der Waals surface area (Å²) in [6, 6.07) is 0.470. The second-order valence-corrected chi connectivity index (χ2v) is 10.7. The second kappa shape index (κ2) is 9.65. The fraction of sp³-hybridized carbons (Fsp3) is 0.800. The minimum absolute atomic E-state index is 0.0440. The molecule has 5 saturated heterocycles. The van der Waals surface area contributed by atoms with Crippen molar-refractivity contribution in [3.63, 3.8) is 0 Å². The molecule has 2 bridgehead atoms. The van der Waals surface area contributed by atoms with E-state index in [1.807, 2.05) is 15.9 Å². The van der Waals surface area contributed by atoms with Crippen molar-refractivity contribution in [2.75, 3.05) is 65.4 Å². The zero-order valence-electron chi connectivity index (χ0n) is 19.9. The maximum atomic E-state index is 13.3. The van der Waals surface area contributed by atoms with Gasteiger partial charge < -0.3 is 19.6 Å². The number of nitrogens with zero attached hydrogens (tertiary/aromatic N) is 5. The van der Waals surface area contributed by atoms with Crippen LogP contribution in [-0.2, 0) is 9.59 Å². The largest absolute Gasteiger partial charge is 0.340 e. The Labute approximate surface area is 197 Å². The molecule has 0 aromatic heterocycles. The molecule has 8 heteroatoms. The Morgan fingerprint density at radius 1 is 0.909 bits per heavy atom. The van der Waals surface area contributed by atoms with Gasteiger partial charge in [0.1, 0.15) is 0 Å². The predicted octanol–water partition coefficient (Wildman–Crippen LogP) is 1.48. The SMILES string of the molecule is C=CCN1CCN(C(=O)C2CCN(C(=O)N3CC4CC(C3)[C@H]3CCCC(=O)N3C4)CC2)CC1. The molecule has 2 unspecified atom stereocenters. The lowest BCUT2D eigenvalue weighted by Crippen LogP contribution is -2.62. The van der Waals surface area contributed by atoms with Gasteiger partial charge in [0.05, 0.1) is 0 Å². The molecule has 0 spiro atoms. The van der Waals surface area contributed by atoms with Crippen LogP contribution < -0.4 is 0 Å². The van der Waals surface area contributed by atoms with E-state index < -0.39 is 0 Å². The number of carbonyl (C=O) groups is 3. The lowest BCUT2D eigenvalue weighted by atomic mass is 9.76. The molecule has 0 radical (unpaired) electrons. The fourth-order valence-corrected chi connectivity index (χ4v) is 6.88. The Morgan fingerprint density at radius 3 is 2.39 bits per heavy atom. The topological polar surface area (TPSA) is 67.4 Å². The van der Waals surface area contributed by atoms with Gasteiger partial charge in [-0.25, -0.2) is 4.79 Å². The standard InChI is InChI=1S/C25H39N5O3/c1-2-8-26-11-13-27(14-12-26)24(32)20-6-9-28(10-7-20)25(33)29-16-19-15-21(18-29)22-4-3-5-23(31)30(22)17-19/h2,19-22H,1,3-18H2/t19?,21?,22-/m1/s1. The summed E-state index contributed by atoms with van der Waals surface area (Å²) in [5.41, 5.74) is 0. The summed E-state index contributed by atoms with van der Waals surface area (Å²) in [6.07, 6.45) is 7.36. The fourth-order valence-electron chi connectivity index (χ4n) is 6.88. The third kappa shape index (κ3) is 4.63. The number of rotatable bonds is 3. The molecule has 8 nitrogen and oxygen atoms in total. The van der Waals surface area contributed by atoms with Gasteiger partial charge in [-0.15, -0.1) is 6.58 Å². The highest BCUT2D eigenvalue weighted by molar-refractivity contribution is 5.80. The molecule has 5 aliphatic heterocycles. The number of piperazine rings is 1. The zero-order chi connectivity index (χ0) is 22.9. The molecule has 5 aliphatic rings. The highest BCUT2D eigenvalue weighted by Gasteiger charge is 2.45. The van der Waals surface area contributed by atoms with E-state index in [1.54, 1.807) is 0 Å². The number of piperidine rings is 4. The number of urea groups is 1. The van der Waals surface area contributed by atoms with Crippen LogP contribution in [0.25, 0.3) is 0 Å². The summed E-state index contributed by atoms with van der Waals surface area (Å²) in [5, 5.41) is 0. The van der Waals surface area contributed by atoms with E-state index in [4.69, 9.17) is 0 Å². The maximum absolute atomic E-state index is 13.3. The molecule has 4 amide bonds. The second-order valence-electron chi connectivity index (χ2n) is 10.7. The van der Waals surface area contributed by atoms with Crippen LogP contribution in [0.4, 0.5) is 4.79 Å². The highest BCUT2D eigenvalue weighted by Crippen LogP contribution is 2.38. The molecule has 5 fully saturated rings. The quantitative estimate of drug-likeness (QED) is 0.602. The summed E-state index contributed by atoms with van der Waals surface area (Å²) < 4.78 is 0. The van der Waals surface area contributed by atoms with Crippen molar-refractivity contribution in [3.05, 3.63) is 12.7 Å². The van der Waals surface area contributed by atoms with E-state index in [1.165, 1.54) is 0 Å².